The molecule has 0 aliphatic carbocycles. The van der Waals surface area contributed by atoms with Gasteiger partial charge in [0.2, 0.25) is 0 Å². The second-order valence-electron chi connectivity index (χ2n) is 7.18. The molecule has 2 aromatic carbocycles. The number of urea groups is 1. The van der Waals surface area contributed by atoms with Gasteiger partial charge in [-0.15, -0.1) is 0 Å². The first-order valence-corrected chi connectivity index (χ1v) is 9.12. The van der Waals surface area contributed by atoms with Crippen LogP contribution in [0.5, 0.6) is 0 Å². The fraction of sp³-hybridized carbons (Fsp3) is 0.381. The summed E-state index contributed by atoms with van der Waals surface area (Å²) in [7, 11) is 4.23. The number of nitrogens with one attached hydrogen (secondary N) is 2. The second-order valence-corrected chi connectivity index (χ2v) is 7.18. The summed E-state index contributed by atoms with van der Waals surface area (Å²) in [5, 5.41) is 5.90. The molecule has 5 nitrogen and oxygen atoms in total. The molecule has 1 saturated heterocycles. The van der Waals surface area contributed by atoms with E-state index in [1.54, 1.807) is 0 Å². The van der Waals surface area contributed by atoms with Gasteiger partial charge in [-0.3, -0.25) is 4.90 Å². The van der Waals surface area contributed by atoms with Crippen molar-refractivity contribution in [1.29, 1.82) is 0 Å². The monoisotopic (exact) mass is 352 g/mol. The largest absolute Gasteiger partial charge is 0.336 e. The third-order valence-electron chi connectivity index (χ3n) is 4.97. The first-order valence-electron chi connectivity index (χ1n) is 9.12. The normalized spacial score (nSPS) is 18.5. The second kappa shape index (κ2) is 8.34. The number of benzene rings is 2. The number of rotatable bonds is 4. The molecule has 0 bridgehead atoms. The summed E-state index contributed by atoms with van der Waals surface area (Å²) in [5.41, 5.74) is 4.37. The Balaban J connectivity index is 1.53. The van der Waals surface area contributed by atoms with E-state index in [4.69, 9.17) is 0 Å². The summed E-state index contributed by atoms with van der Waals surface area (Å²) < 4.78 is 0. The minimum absolute atomic E-state index is 0.157. The van der Waals surface area contributed by atoms with E-state index in [1.807, 2.05) is 24.3 Å². The molecule has 0 saturated carbocycles. The van der Waals surface area contributed by atoms with Crippen molar-refractivity contribution in [3.8, 4) is 11.1 Å². The van der Waals surface area contributed by atoms with Crippen LogP contribution in [0.25, 0.3) is 11.1 Å². The molecule has 0 radical (unpaired) electrons. The molecule has 26 heavy (non-hydrogen) atoms. The highest BCUT2D eigenvalue weighted by molar-refractivity contribution is 5.89. The Bertz CT molecular complexity index is 744. The Morgan fingerprint density at radius 3 is 2.58 bits per heavy atom. The third-order valence-corrected chi connectivity index (χ3v) is 4.97. The number of piperazine rings is 1. The van der Waals surface area contributed by atoms with Gasteiger partial charge >= 0.3 is 6.03 Å². The maximum Gasteiger partial charge on any atom is 0.319 e. The van der Waals surface area contributed by atoms with Gasteiger partial charge in [-0.25, -0.2) is 4.79 Å². The molecule has 1 aliphatic rings. The summed E-state index contributed by atoms with van der Waals surface area (Å²) >= 11 is 0. The summed E-state index contributed by atoms with van der Waals surface area (Å²) in [5.74, 6) is 0. The molecule has 2 aromatic rings. The SMILES string of the molecule is Cc1cccc(-c2ccc(NC(=O)NCC3CN(C)CCN3C)cc2)c1. The van der Waals surface area contributed by atoms with Crippen molar-refractivity contribution in [1.82, 2.24) is 15.1 Å². The number of likely N-dealkylation sites (N-methyl/N-ethyl adjacent to an activating group) is 2. The maximum atomic E-state index is 12.2. The summed E-state index contributed by atoms with van der Waals surface area (Å²) in [6, 6.07) is 16.6. The van der Waals surface area contributed by atoms with Crippen LogP contribution in [0.1, 0.15) is 5.56 Å². The highest BCUT2D eigenvalue weighted by Gasteiger charge is 2.22. The van der Waals surface area contributed by atoms with Gasteiger partial charge in [0.25, 0.3) is 0 Å². The zero-order valence-electron chi connectivity index (χ0n) is 15.8. The molecule has 2 N–H and O–H groups in total. The van der Waals surface area contributed by atoms with Crippen LogP contribution in [0, 0.1) is 6.92 Å². The minimum Gasteiger partial charge on any atom is -0.336 e. The predicted octanol–water partition coefficient (Wildman–Crippen LogP) is 3.03. The number of aryl methyl sites for hydroxylation is 1. The van der Waals surface area contributed by atoms with Gasteiger partial charge < -0.3 is 15.5 Å². The quantitative estimate of drug-likeness (QED) is 0.889. The van der Waals surface area contributed by atoms with Crippen LogP contribution in [0.15, 0.2) is 48.5 Å². The summed E-state index contributed by atoms with van der Waals surface area (Å²) in [6.07, 6.45) is 0. The van der Waals surface area contributed by atoms with Crippen molar-refractivity contribution < 1.29 is 4.79 Å². The van der Waals surface area contributed by atoms with Gasteiger partial charge in [0, 0.05) is 37.9 Å². The van der Waals surface area contributed by atoms with Crippen LogP contribution in [-0.2, 0) is 0 Å². The van der Waals surface area contributed by atoms with Gasteiger partial charge in [-0.05, 0) is 44.3 Å². The van der Waals surface area contributed by atoms with Gasteiger partial charge in [-0.1, -0.05) is 42.0 Å². The molecule has 138 valence electrons. The number of nitrogens with zero attached hydrogens (tertiary/aromatic N) is 2. The van der Waals surface area contributed by atoms with E-state index in [0.717, 1.165) is 30.9 Å². The maximum absolute atomic E-state index is 12.2. The van der Waals surface area contributed by atoms with E-state index < -0.39 is 0 Å². The van der Waals surface area contributed by atoms with Crippen molar-refractivity contribution in [2.75, 3.05) is 45.6 Å². The average Bonchev–Trinajstić information content (AvgIpc) is 2.63. The van der Waals surface area contributed by atoms with Crippen LogP contribution >= 0.6 is 0 Å². The van der Waals surface area contributed by atoms with Crippen LogP contribution in [0.3, 0.4) is 0 Å². The number of hydrogen-bond donors (Lipinski definition) is 2. The number of hydrogen-bond acceptors (Lipinski definition) is 3. The Kier molecular flexibility index (Phi) is 5.91. The molecule has 1 aliphatic heterocycles. The van der Waals surface area contributed by atoms with E-state index in [1.165, 1.54) is 11.1 Å². The predicted molar refractivity (Wildman–Crippen MR) is 108 cm³/mol. The van der Waals surface area contributed by atoms with Crippen LogP contribution in [-0.4, -0.2) is 62.1 Å². The molecule has 1 fully saturated rings. The van der Waals surface area contributed by atoms with E-state index >= 15 is 0 Å². The molecular formula is C21H28N4O. The number of anilines is 1. The number of amides is 2. The van der Waals surface area contributed by atoms with E-state index in [2.05, 4.69) is 65.7 Å². The topological polar surface area (TPSA) is 47.6 Å². The van der Waals surface area contributed by atoms with Crippen LogP contribution in [0.2, 0.25) is 0 Å². The zero-order chi connectivity index (χ0) is 18.5. The standard InChI is InChI=1S/C21H28N4O/c1-16-5-4-6-18(13-16)17-7-9-19(10-8-17)23-21(26)22-14-20-15-24(2)11-12-25(20)3/h4-10,13,20H,11-12,14-15H2,1-3H3,(H2,22,23,26). The Hall–Kier alpha value is -2.37. The molecule has 3 rings (SSSR count). The summed E-state index contributed by atoms with van der Waals surface area (Å²) in [4.78, 5) is 16.8. The molecule has 1 unspecified atom stereocenters. The lowest BCUT2D eigenvalue weighted by Gasteiger charge is -2.37. The Labute approximate surface area is 156 Å². The van der Waals surface area contributed by atoms with Crippen LogP contribution in [0.4, 0.5) is 10.5 Å². The molecule has 1 heterocycles. The number of carbonyl (C=O) groups is 1. The first kappa shape index (κ1) is 18.4. The van der Waals surface area contributed by atoms with Crippen molar-refractivity contribution in [2.24, 2.45) is 0 Å². The highest BCUT2D eigenvalue weighted by atomic mass is 16.2. The zero-order valence-corrected chi connectivity index (χ0v) is 15.8. The van der Waals surface area contributed by atoms with Gasteiger partial charge in [-0.2, -0.15) is 0 Å². The summed E-state index contributed by atoms with van der Waals surface area (Å²) in [6.45, 7) is 5.82. The van der Waals surface area contributed by atoms with Crippen LogP contribution < -0.4 is 10.6 Å². The fourth-order valence-corrected chi connectivity index (χ4v) is 3.28. The van der Waals surface area contributed by atoms with E-state index in [-0.39, 0.29) is 6.03 Å². The van der Waals surface area contributed by atoms with Crippen molar-refractivity contribution in [2.45, 2.75) is 13.0 Å². The van der Waals surface area contributed by atoms with Gasteiger partial charge in [0.05, 0.1) is 0 Å². The van der Waals surface area contributed by atoms with Crippen molar-refractivity contribution in [3.05, 3.63) is 54.1 Å². The van der Waals surface area contributed by atoms with Gasteiger partial charge in [0.15, 0.2) is 0 Å². The van der Waals surface area contributed by atoms with Crippen molar-refractivity contribution in [3.63, 3.8) is 0 Å². The molecule has 1 atom stereocenters. The third kappa shape index (κ3) is 4.84. The lowest BCUT2D eigenvalue weighted by molar-refractivity contribution is 0.115. The van der Waals surface area contributed by atoms with E-state index in [0.29, 0.717) is 12.6 Å². The Morgan fingerprint density at radius 1 is 1.08 bits per heavy atom. The first-order chi connectivity index (χ1) is 12.5. The number of carbonyl (C=O) groups excluding carboxylic acids is 1. The van der Waals surface area contributed by atoms with Crippen molar-refractivity contribution >= 4 is 11.7 Å². The highest BCUT2D eigenvalue weighted by Crippen LogP contribution is 2.22. The fourth-order valence-electron chi connectivity index (χ4n) is 3.28. The molecule has 0 spiro atoms. The average molecular weight is 352 g/mol. The van der Waals surface area contributed by atoms with E-state index in [9.17, 15) is 4.79 Å². The smallest absolute Gasteiger partial charge is 0.319 e. The molecule has 0 aromatic heterocycles. The lowest BCUT2D eigenvalue weighted by atomic mass is 10.0. The lowest BCUT2D eigenvalue weighted by Crippen LogP contribution is -2.54. The van der Waals surface area contributed by atoms with Gasteiger partial charge in [0.1, 0.15) is 0 Å². The minimum atomic E-state index is -0.157. The molecular weight excluding hydrogens is 324 g/mol. The molecule has 2 amide bonds. The Morgan fingerprint density at radius 2 is 1.85 bits per heavy atom. The molecule has 5 heteroatoms.